The second-order valence-electron chi connectivity index (χ2n) is 3.18. The van der Waals surface area contributed by atoms with Gasteiger partial charge in [0.2, 0.25) is 10.0 Å². The van der Waals surface area contributed by atoms with E-state index in [2.05, 4.69) is 11.6 Å². The largest absolute Gasteiger partial charge is 0.215 e. The third-order valence-electron chi connectivity index (χ3n) is 1.82. The normalized spacial score (nSPS) is 14.6. The van der Waals surface area contributed by atoms with Gasteiger partial charge in [0.15, 0.2) is 0 Å². The summed E-state index contributed by atoms with van der Waals surface area (Å²) in [5, 5.41) is 0. The van der Waals surface area contributed by atoms with Gasteiger partial charge in [-0.1, -0.05) is 27.2 Å². The Morgan fingerprint density at radius 2 is 1.92 bits per heavy atom. The van der Waals surface area contributed by atoms with Gasteiger partial charge in [-0.05, 0) is 12.3 Å². The van der Waals surface area contributed by atoms with Crippen molar-refractivity contribution >= 4 is 10.0 Å². The minimum absolute atomic E-state index is 0.240. The number of hydrogen-bond acceptors (Lipinski definition) is 2. The number of nitrogens with one attached hydrogen (secondary N) is 1. The van der Waals surface area contributed by atoms with E-state index >= 15 is 0 Å². The highest BCUT2D eigenvalue weighted by molar-refractivity contribution is 7.89. The Labute approximate surface area is 75.6 Å². The molecular formula is C8H19NO2S. The topological polar surface area (TPSA) is 46.2 Å². The van der Waals surface area contributed by atoms with Crippen molar-refractivity contribution in [2.45, 2.75) is 33.6 Å². The molecule has 0 aliphatic rings. The van der Waals surface area contributed by atoms with E-state index in [0.717, 1.165) is 6.42 Å². The van der Waals surface area contributed by atoms with Crippen LogP contribution in [0.1, 0.15) is 33.6 Å². The van der Waals surface area contributed by atoms with Crippen LogP contribution < -0.4 is 4.72 Å². The van der Waals surface area contributed by atoms with Crippen molar-refractivity contribution in [2.24, 2.45) is 5.92 Å². The molecule has 1 atom stereocenters. The molecule has 0 saturated heterocycles. The van der Waals surface area contributed by atoms with Crippen molar-refractivity contribution in [2.75, 3.05) is 12.3 Å². The molecule has 0 spiro atoms. The Kier molecular flexibility index (Phi) is 5.50. The van der Waals surface area contributed by atoms with Crippen LogP contribution in [0.25, 0.3) is 0 Å². The van der Waals surface area contributed by atoms with Crippen molar-refractivity contribution in [3.05, 3.63) is 0 Å². The Bertz CT molecular complexity index is 199. The summed E-state index contributed by atoms with van der Waals surface area (Å²) < 4.78 is 24.9. The third kappa shape index (κ3) is 5.55. The number of sulfonamides is 1. The molecule has 3 nitrogen and oxygen atoms in total. The van der Waals surface area contributed by atoms with Gasteiger partial charge in [-0.15, -0.1) is 0 Å². The summed E-state index contributed by atoms with van der Waals surface area (Å²) in [5.74, 6) is 0.667. The molecule has 0 saturated carbocycles. The summed E-state index contributed by atoms with van der Waals surface area (Å²) in [4.78, 5) is 0. The van der Waals surface area contributed by atoms with Gasteiger partial charge in [0.05, 0.1) is 5.75 Å². The van der Waals surface area contributed by atoms with Gasteiger partial charge in [-0.3, -0.25) is 0 Å². The quantitative estimate of drug-likeness (QED) is 0.692. The number of rotatable bonds is 6. The highest BCUT2D eigenvalue weighted by atomic mass is 32.2. The van der Waals surface area contributed by atoms with Crippen molar-refractivity contribution in [3.8, 4) is 0 Å². The van der Waals surface area contributed by atoms with E-state index in [1.54, 1.807) is 0 Å². The smallest absolute Gasteiger partial charge is 0.211 e. The molecule has 0 bridgehead atoms. The van der Waals surface area contributed by atoms with Gasteiger partial charge in [0.1, 0.15) is 0 Å². The lowest BCUT2D eigenvalue weighted by molar-refractivity contribution is 0.528. The molecular weight excluding hydrogens is 174 g/mol. The second-order valence-corrected chi connectivity index (χ2v) is 5.11. The Morgan fingerprint density at radius 1 is 1.33 bits per heavy atom. The van der Waals surface area contributed by atoms with Crippen LogP contribution in [0.5, 0.6) is 0 Å². The zero-order chi connectivity index (χ0) is 9.61. The standard InChI is InChI=1S/C8H19NO2S/c1-4-6-12(10,11)9-7-8(3)5-2/h8-9H,4-7H2,1-3H3. The predicted molar refractivity (Wildman–Crippen MR) is 51.5 cm³/mol. The third-order valence-corrected chi connectivity index (χ3v) is 3.37. The molecule has 0 rings (SSSR count). The first-order valence-corrected chi connectivity index (χ1v) is 6.14. The van der Waals surface area contributed by atoms with Crippen LogP contribution in [-0.2, 0) is 10.0 Å². The molecule has 0 aromatic carbocycles. The summed E-state index contributed by atoms with van der Waals surface area (Å²) in [5.41, 5.74) is 0. The van der Waals surface area contributed by atoms with E-state index in [1.165, 1.54) is 0 Å². The minimum Gasteiger partial charge on any atom is -0.215 e. The summed E-state index contributed by atoms with van der Waals surface area (Å²) in [6.45, 7) is 6.52. The van der Waals surface area contributed by atoms with Gasteiger partial charge in [0.25, 0.3) is 0 Å². The fourth-order valence-corrected chi connectivity index (χ4v) is 1.97. The van der Waals surface area contributed by atoms with Crippen molar-refractivity contribution in [3.63, 3.8) is 0 Å². The predicted octanol–water partition coefficient (Wildman–Crippen LogP) is 1.36. The lowest BCUT2D eigenvalue weighted by atomic mass is 10.1. The summed E-state index contributed by atoms with van der Waals surface area (Å²) >= 11 is 0. The number of hydrogen-bond donors (Lipinski definition) is 1. The molecule has 0 fully saturated rings. The molecule has 0 heterocycles. The van der Waals surface area contributed by atoms with E-state index < -0.39 is 10.0 Å². The molecule has 0 aliphatic heterocycles. The van der Waals surface area contributed by atoms with E-state index in [1.807, 2.05) is 13.8 Å². The monoisotopic (exact) mass is 193 g/mol. The Hall–Kier alpha value is -0.0900. The average molecular weight is 193 g/mol. The van der Waals surface area contributed by atoms with Crippen LogP contribution in [0.3, 0.4) is 0 Å². The molecule has 0 amide bonds. The SMILES string of the molecule is CCCS(=O)(=O)NCC(C)CC. The molecule has 0 radical (unpaired) electrons. The van der Waals surface area contributed by atoms with Crippen LogP contribution in [0.15, 0.2) is 0 Å². The molecule has 74 valence electrons. The maximum absolute atomic E-state index is 11.1. The fraction of sp³-hybridized carbons (Fsp3) is 1.00. The molecule has 1 unspecified atom stereocenters. The van der Waals surface area contributed by atoms with E-state index in [0.29, 0.717) is 18.9 Å². The van der Waals surface area contributed by atoms with Crippen LogP contribution in [-0.4, -0.2) is 20.7 Å². The van der Waals surface area contributed by atoms with Crippen LogP contribution >= 0.6 is 0 Å². The molecule has 0 aliphatic carbocycles. The van der Waals surface area contributed by atoms with Gasteiger partial charge in [-0.25, -0.2) is 13.1 Å². The van der Waals surface area contributed by atoms with Gasteiger partial charge >= 0.3 is 0 Å². The highest BCUT2D eigenvalue weighted by Gasteiger charge is 2.08. The molecule has 12 heavy (non-hydrogen) atoms. The van der Waals surface area contributed by atoms with Gasteiger partial charge in [-0.2, -0.15) is 0 Å². The Morgan fingerprint density at radius 3 is 2.33 bits per heavy atom. The summed E-state index contributed by atoms with van der Waals surface area (Å²) in [6.07, 6.45) is 1.69. The molecule has 0 aromatic heterocycles. The lowest BCUT2D eigenvalue weighted by Crippen LogP contribution is -2.30. The maximum Gasteiger partial charge on any atom is 0.211 e. The van der Waals surface area contributed by atoms with Gasteiger partial charge in [0, 0.05) is 6.54 Å². The summed E-state index contributed by atoms with van der Waals surface area (Å²) in [7, 11) is -2.99. The Balaban J connectivity index is 3.76. The minimum atomic E-state index is -2.99. The van der Waals surface area contributed by atoms with Crippen LogP contribution in [0.4, 0.5) is 0 Å². The van der Waals surface area contributed by atoms with E-state index in [-0.39, 0.29) is 5.75 Å². The van der Waals surface area contributed by atoms with E-state index in [4.69, 9.17) is 0 Å². The maximum atomic E-state index is 11.1. The van der Waals surface area contributed by atoms with Crippen molar-refractivity contribution in [1.29, 1.82) is 0 Å². The molecule has 0 aromatic rings. The zero-order valence-corrected chi connectivity index (χ0v) is 8.95. The second kappa shape index (κ2) is 5.54. The first kappa shape index (κ1) is 11.9. The van der Waals surface area contributed by atoms with E-state index in [9.17, 15) is 8.42 Å². The highest BCUT2D eigenvalue weighted by Crippen LogP contribution is 1.99. The van der Waals surface area contributed by atoms with Crippen molar-refractivity contribution < 1.29 is 8.42 Å². The molecule has 4 heteroatoms. The summed E-state index contributed by atoms with van der Waals surface area (Å²) in [6, 6.07) is 0. The first-order valence-electron chi connectivity index (χ1n) is 4.49. The zero-order valence-electron chi connectivity index (χ0n) is 8.13. The van der Waals surface area contributed by atoms with Crippen LogP contribution in [0.2, 0.25) is 0 Å². The fourth-order valence-electron chi connectivity index (χ4n) is 0.754. The van der Waals surface area contributed by atoms with Crippen molar-refractivity contribution in [1.82, 2.24) is 4.72 Å². The molecule has 1 N–H and O–H groups in total. The average Bonchev–Trinajstić information content (AvgIpc) is 2.00. The van der Waals surface area contributed by atoms with Crippen LogP contribution in [0, 0.1) is 5.92 Å². The first-order chi connectivity index (χ1) is 5.52. The van der Waals surface area contributed by atoms with Gasteiger partial charge < -0.3 is 0 Å². The lowest BCUT2D eigenvalue weighted by Gasteiger charge is -2.09.